The molecule has 0 saturated carbocycles. The zero-order chi connectivity index (χ0) is 22.7. The number of piperidine rings is 1. The average molecular weight is 445 g/mol. The highest BCUT2D eigenvalue weighted by Gasteiger charge is 2.33. The number of carbonyl (C=O) groups excluding carboxylic acids is 2. The summed E-state index contributed by atoms with van der Waals surface area (Å²) in [7, 11) is 0. The minimum absolute atomic E-state index is 0.0638. The lowest BCUT2D eigenvalue weighted by molar-refractivity contribution is -0.126. The number of rotatable bonds is 7. The Bertz CT molecular complexity index is 996. The topological polar surface area (TPSA) is 67.2 Å². The lowest BCUT2D eigenvalue weighted by Crippen LogP contribution is -2.43. The van der Waals surface area contributed by atoms with Crippen LogP contribution in [-0.2, 0) is 17.6 Å². The molecule has 0 radical (unpaired) electrons. The van der Waals surface area contributed by atoms with Gasteiger partial charge in [0.1, 0.15) is 0 Å². The number of nitrogens with one attached hydrogen (secondary N) is 1. The standard InChI is InChI=1S/C24H30F2N4O2/c1-2-3-4-12-27-23(31)16-10-13-29(14-11-16)24(32)22-18-6-5-7-21(18)30(28-22)17-8-9-19(25)20(26)15-17/h8-9,15-16H,2-7,10-14H2,1H3,(H,27,31). The number of hydrogen-bond acceptors (Lipinski definition) is 3. The Morgan fingerprint density at radius 2 is 1.91 bits per heavy atom. The maximum absolute atomic E-state index is 13.8. The monoisotopic (exact) mass is 444 g/mol. The number of nitrogens with zero attached hydrogens (tertiary/aromatic N) is 3. The maximum atomic E-state index is 13.8. The van der Waals surface area contributed by atoms with Crippen LogP contribution in [0.25, 0.3) is 5.69 Å². The molecule has 8 heteroatoms. The number of amides is 2. The van der Waals surface area contributed by atoms with Crippen LogP contribution in [-0.4, -0.2) is 46.1 Å². The lowest BCUT2D eigenvalue weighted by atomic mass is 9.95. The van der Waals surface area contributed by atoms with Gasteiger partial charge < -0.3 is 10.2 Å². The van der Waals surface area contributed by atoms with E-state index in [-0.39, 0.29) is 17.7 Å². The van der Waals surface area contributed by atoms with Crippen molar-refractivity contribution in [2.24, 2.45) is 5.92 Å². The molecule has 0 bridgehead atoms. The van der Waals surface area contributed by atoms with Crippen LogP contribution in [0.5, 0.6) is 0 Å². The second kappa shape index (κ2) is 9.79. The summed E-state index contributed by atoms with van der Waals surface area (Å²) in [6, 6.07) is 3.66. The molecular formula is C24H30F2N4O2. The summed E-state index contributed by atoms with van der Waals surface area (Å²) in [4.78, 5) is 27.4. The van der Waals surface area contributed by atoms with Gasteiger partial charge in [0.15, 0.2) is 17.3 Å². The summed E-state index contributed by atoms with van der Waals surface area (Å²) in [5, 5.41) is 7.53. The van der Waals surface area contributed by atoms with Gasteiger partial charge in [-0.05, 0) is 50.7 Å². The third kappa shape index (κ3) is 4.54. The highest BCUT2D eigenvalue weighted by Crippen LogP contribution is 2.30. The molecule has 32 heavy (non-hydrogen) atoms. The molecule has 0 unspecified atom stereocenters. The molecule has 0 spiro atoms. The first-order valence-electron chi connectivity index (χ1n) is 11.6. The van der Waals surface area contributed by atoms with Crippen LogP contribution < -0.4 is 5.32 Å². The zero-order valence-electron chi connectivity index (χ0n) is 18.5. The molecule has 1 aliphatic carbocycles. The second-order valence-electron chi connectivity index (χ2n) is 8.70. The molecule has 2 aliphatic rings. The Morgan fingerprint density at radius 3 is 2.62 bits per heavy atom. The number of carbonyl (C=O) groups is 2. The molecule has 1 fully saturated rings. The lowest BCUT2D eigenvalue weighted by Gasteiger charge is -2.31. The first-order valence-corrected chi connectivity index (χ1v) is 11.6. The van der Waals surface area contributed by atoms with Crippen LogP contribution in [0.4, 0.5) is 8.78 Å². The molecule has 1 saturated heterocycles. The third-order valence-corrected chi connectivity index (χ3v) is 6.51. The van der Waals surface area contributed by atoms with Crippen molar-refractivity contribution in [3.8, 4) is 5.69 Å². The van der Waals surface area contributed by atoms with Crippen molar-refractivity contribution in [2.75, 3.05) is 19.6 Å². The van der Waals surface area contributed by atoms with Gasteiger partial charge in [-0.3, -0.25) is 9.59 Å². The quantitative estimate of drug-likeness (QED) is 0.661. The predicted octanol–water partition coefficient (Wildman–Crippen LogP) is 3.80. The van der Waals surface area contributed by atoms with E-state index in [9.17, 15) is 18.4 Å². The molecule has 0 atom stereocenters. The molecule has 1 aliphatic heterocycles. The van der Waals surface area contributed by atoms with Crippen LogP contribution in [0.3, 0.4) is 0 Å². The first kappa shape index (κ1) is 22.4. The Kier molecular flexibility index (Phi) is 6.86. The van der Waals surface area contributed by atoms with Gasteiger partial charge >= 0.3 is 0 Å². The second-order valence-corrected chi connectivity index (χ2v) is 8.70. The fourth-order valence-electron chi connectivity index (χ4n) is 4.66. The summed E-state index contributed by atoms with van der Waals surface area (Å²) < 4.78 is 28.7. The first-order chi connectivity index (χ1) is 15.5. The van der Waals surface area contributed by atoms with Crippen molar-refractivity contribution in [3.63, 3.8) is 0 Å². The van der Waals surface area contributed by atoms with E-state index in [1.807, 2.05) is 0 Å². The normalized spacial score (nSPS) is 16.3. The summed E-state index contributed by atoms with van der Waals surface area (Å²) in [6.45, 7) is 3.86. The van der Waals surface area contributed by atoms with Crippen LogP contribution in [0.15, 0.2) is 18.2 Å². The Labute approximate surface area is 187 Å². The van der Waals surface area contributed by atoms with Gasteiger partial charge in [0.25, 0.3) is 5.91 Å². The number of benzene rings is 1. The Hall–Kier alpha value is -2.77. The average Bonchev–Trinajstić information content (AvgIpc) is 3.41. The van der Waals surface area contributed by atoms with E-state index in [0.717, 1.165) is 61.9 Å². The molecule has 2 amide bonds. The molecular weight excluding hydrogens is 414 g/mol. The van der Waals surface area contributed by atoms with Gasteiger partial charge in [-0.2, -0.15) is 5.10 Å². The SMILES string of the molecule is CCCCCNC(=O)C1CCN(C(=O)c2nn(-c3ccc(F)c(F)c3)c3c2CCC3)CC1. The van der Waals surface area contributed by atoms with Crippen LogP contribution in [0, 0.1) is 17.6 Å². The minimum atomic E-state index is -0.937. The molecule has 2 heterocycles. The fourth-order valence-corrected chi connectivity index (χ4v) is 4.66. The highest BCUT2D eigenvalue weighted by atomic mass is 19.2. The molecule has 4 rings (SSSR count). The summed E-state index contributed by atoms with van der Waals surface area (Å²) in [6.07, 6.45) is 6.88. The molecule has 6 nitrogen and oxygen atoms in total. The number of hydrogen-bond donors (Lipinski definition) is 1. The number of halogens is 2. The van der Waals surface area contributed by atoms with E-state index in [2.05, 4.69) is 17.3 Å². The molecule has 1 aromatic carbocycles. The third-order valence-electron chi connectivity index (χ3n) is 6.51. The summed E-state index contributed by atoms with van der Waals surface area (Å²) in [5.74, 6) is -1.98. The van der Waals surface area contributed by atoms with E-state index in [1.54, 1.807) is 9.58 Å². The van der Waals surface area contributed by atoms with Crippen molar-refractivity contribution in [1.29, 1.82) is 0 Å². The Balaban J connectivity index is 1.43. The van der Waals surface area contributed by atoms with Gasteiger partial charge in [0, 0.05) is 42.9 Å². The van der Waals surface area contributed by atoms with Crippen LogP contribution in [0.2, 0.25) is 0 Å². The zero-order valence-corrected chi connectivity index (χ0v) is 18.5. The smallest absolute Gasteiger partial charge is 0.274 e. The highest BCUT2D eigenvalue weighted by molar-refractivity contribution is 5.94. The Morgan fingerprint density at radius 1 is 1.12 bits per heavy atom. The van der Waals surface area contributed by atoms with Crippen molar-refractivity contribution in [3.05, 3.63) is 46.8 Å². The minimum Gasteiger partial charge on any atom is -0.356 e. The van der Waals surface area contributed by atoms with Gasteiger partial charge in [-0.25, -0.2) is 13.5 Å². The van der Waals surface area contributed by atoms with Gasteiger partial charge in [0.05, 0.1) is 5.69 Å². The largest absolute Gasteiger partial charge is 0.356 e. The van der Waals surface area contributed by atoms with E-state index < -0.39 is 11.6 Å². The van der Waals surface area contributed by atoms with Crippen molar-refractivity contribution in [2.45, 2.75) is 58.3 Å². The van der Waals surface area contributed by atoms with E-state index >= 15 is 0 Å². The van der Waals surface area contributed by atoms with Crippen molar-refractivity contribution >= 4 is 11.8 Å². The van der Waals surface area contributed by atoms with E-state index in [1.165, 1.54) is 6.07 Å². The molecule has 172 valence electrons. The number of likely N-dealkylation sites (tertiary alicyclic amines) is 1. The summed E-state index contributed by atoms with van der Waals surface area (Å²) in [5.41, 5.74) is 2.60. The van der Waals surface area contributed by atoms with Crippen LogP contribution >= 0.6 is 0 Å². The van der Waals surface area contributed by atoms with Crippen molar-refractivity contribution < 1.29 is 18.4 Å². The predicted molar refractivity (Wildman–Crippen MR) is 117 cm³/mol. The van der Waals surface area contributed by atoms with E-state index in [0.29, 0.717) is 43.9 Å². The van der Waals surface area contributed by atoms with Crippen LogP contribution in [0.1, 0.15) is 67.2 Å². The number of unbranched alkanes of at least 4 members (excludes halogenated alkanes) is 2. The van der Waals surface area contributed by atoms with Gasteiger partial charge in [-0.15, -0.1) is 0 Å². The van der Waals surface area contributed by atoms with Crippen molar-refractivity contribution in [1.82, 2.24) is 20.0 Å². The van der Waals surface area contributed by atoms with Gasteiger partial charge in [-0.1, -0.05) is 19.8 Å². The molecule has 2 aromatic rings. The number of aromatic nitrogens is 2. The molecule has 1 N–H and O–H groups in total. The fraction of sp³-hybridized carbons (Fsp3) is 0.542. The number of fused-ring (bicyclic) bond motifs is 1. The summed E-state index contributed by atoms with van der Waals surface area (Å²) >= 11 is 0. The molecule has 1 aromatic heterocycles. The maximum Gasteiger partial charge on any atom is 0.274 e. The van der Waals surface area contributed by atoms with Gasteiger partial charge in [0.2, 0.25) is 5.91 Å². The van der Waals surface area contributed by atoms with E-state index in [4.69, 9.17) is 0 Å².